The molecule has 0 saturated heterocycles. The maximum Gasteiger partial charge on any atom is 0.0540 e. The van der Waals surface area contributed by atoms with Crippen LogP contribution in [0.2, 0.25) is 0 Å². The van der Waals surface area contributed by atoms with E-state index in [0.29, 0.717) is 0 Å². The Kier molecular flexibility index (Phi) is 9.68. The van der Waals surface area contributed by atoms with Gasteiger partial charge in [-0.3, -0.25) is 0 Å². The van der Waals surface area contributed by atoms with Gasteiger partial charge in [0.2, 0.25) is 0 Å². The highest BCUT2D eigenvalue weighted by atomic mass is 15.1. The lowest BCUT2D eigenvalue weighted by Gasteiger charge is -2.29. The van der Waals surface area contributed by atoms with Crippen LogP contribution in [0.15, 0.2) is 249 Å². The predicted octanol–water partition coefficient (Wildman–Crippen LogP) is 16.3. The Bertz CT molecular complexity index is 2990. The third-order valence-corrected chi connectivity index (χ3v) is 11.3. The van der Waals surface area contributed by atoms with Gasteiger partial charge in [-0.1, -0.05) is 206 Å². The minimum Gasteiger partial charge on any atom is -0.310 e. The first kappa shape index (κ1) is 35.7. The summed E-state index contributed by atoms with van der Waals surface area (Å²) in [6.45, 7) is 0. The van der Waals surface area contributed by atoms with Crippen LogP contribution in [-0.2, 0) is 0 Å². The first-order chi connectivity index (χ1) is 29.3. The molecule has 0 unspecified atom stereocenters. The molecule has 0 heterocycles. The summed E-state index contributed by atoms with van der Waals surface area (Å²) in [6, 6.07) is 89.8. The lowest BCUT2D eigenvalue weighted by molar-refractivity contribution is 1.28. The summed E-state index contributed by atoms with van der Waals surface area (Å²) in [6.07, 6.45) is 0. The Morgan fingerprint density at radius 1 is 0.220 bits per heavy atom. The highest BCUT2D eigenvalue weighted by molar-refractivity contribution is 6.01. The van der Waals surface area contributed by atoms with Crippen molar-refractivity contribution in [3.05, 3.63) is 249 Å². The quantitative estimate of drug-likeness (QED) is 0.142. The van der Waals surface area contributed by atoms with Crippen LogP contribution >= 0.6 is 0 Å². The van der Waals surface area contributed by atoms with Gasteiger partial charge in [0.05, 0.1) is 5.69 Å². The van der Waals surface area contributed by atoms with Gasteiger partial charge in [0.25, 0.3) is 0 Å². The van der Waals surface area contributed by atoms with E-state index in [1.165, 1.54) is 72.0 Å². The van der Waals surface area contributed by atoms with Crippen LogP contribution in [-0.4, -0.2) is 0 Å². The fourth-order valence-electron chi connectivity index (χ4n) is 8.33. The summed E-state index contributed by atoms with van der Waals surface area (Å²) in [4.78, 5) is 2.40. The van der Waals surface area contributed by atoms with Crippen molar-refractivity contribution < 1.29 is 0 Å². The summed E-state index contributed by atoms with van der Waals surface area (Å²) in [5.41, 5.74) is 17.6. The van der Waals surface area contributed by atoms with Crippen LogP contribution in [0.1, 0.15) is 0 Å². The van der Waals surface area contributed by atoms with E-state index in [-0.39, 0.29) is 0 Å². The molecule has 0 saturated carbocycles. The molecule has 0 spiro atoms. The largest absolute Gasteiger partial charge is 0.310 e. The zero-order valence-corrected chi connectivity index (χ0v) is 32.6. The van der Waals surface area contributed by atoms with Crippen molar-refractivity contribution >= 4 is 27.8 Å². The molecule has 0 aliphatic rings. The first-order valence-corrected chi connectivity index (χ1v) is 20.3. The fourth-order valence-corrected chi connectivity index (χ4v) is 8.33. The molecule has 1 nitrogen and oxygen atoms in total. The van der Waals surface area contributed by atoms with Crippen molar-refractivity contribution in [3.63, 3.8) is 0 Å². The van der Waals surface area contributed by atoms with E-state index < -0.39 is 0 Å². The smallest absolute Gasteiger partial charge is 0.0540 e. The molecule has 0 aliphatic carbocycles. The van der Waals surface area contributed by atoms with Gasteiger partial charge in [0.1, 0.15) is 0 Å². The average molecular weight is 752 g/mol. The monoisotopic (exact) mass is 751 g/mol. The summed E-state index contributed by atoms with van der Waals surface area (Å²) in [5.74, 6) is 0. The number of rotatable bonds is 9. The fraction of sp³-hybridized carbons (Fsp3) is 0. The molecule has 0 bridgehead atoms. The highest BCUT2D eigenvalue weighted by Crippen LogP contribution is 2.44. The minimum atomic E-state index is 1.08. The van der Waals surface area contributed by atoms with Crippen molar-refractivity contribution in [2.45, 2.75) is 0 Å². The number of benzene rings is 10. The third-order valence-electron chi connectivity index (χ3n) is 11.3. The molecule has 0 aliphatic heterocycles. The van der Waals surface area contributed by atoms with Crippen LogP contribution in [0.25, 0.3) is 77.5 Å². The second-order valence-corrected chi connectivity index (χ2v) is 14.9. The van der Waals surface area contributed by atoms with Gasteiger partial charge in [-0.05, 0) is 114 Å². The zero-order chi connectivity index (χ0) is 39.4. The van der Waals surface area contributed by atoms with Crippen LogP contribution in [0, 0.1) is 0 Å². The molecule has 0 N–H and O–H groups in total. The zero-order valence-electron chi connectivity index (χ0n) is 32.6. The van der Waals surface area contributed by atoms with E-state index in [4.69, 9.17) is 0 Å². The maximum atomic E-state index is 2.40. The molecule has 10 rings (SSSR count). The maximum absolute atomic E-state index is 2.40. The summed E-state index contributed by atoms with van der Waals surface area (Å²) >= 11 is 0. The molecule has 0 aromatic heterocycles. The number of nitrogens with zero attached hydrogens (tertiary/aromatic N) is 1. The molecule has 10 aromatic rings. The van der Waals surface area contributed by atoms with Crippen molar-refractivity contribution in [2.75, 3.05) is 4.90 Å². The van der Waals surface area contributed by atoms with Crippen LogP contribution in [0.5, 0.6) is 0 Å². The average Bonchev–Trinajstić information content (AvgIpc) is 3.33. The van der Waals surface area contributed by atoms with E-state index >= 15 is 0 Å². The Hall–Kier alpha value is -7.74. The molecule has 278 valence electrons. The number of hydrogen-bond donors (Lipinski definition) is 0. The van der Waals surface area contributed by atoms with Crippen molar-refractivity contribution in [1.82, 2.24) is 0 Å². The summed E-state index contributed by atoms with van der Waals surface area (Å²) in [7, 11) is 0. The molecule has 0 amide bonds. The molecule has 0 fully saturated rings. The van der Waals surface area contributed by atoms with Gasteiger partial charge in [0, 0.05) is 16.9 Å². The van der Waals surface area contributed by atoms with Crippen LogP contribution < -0.4 is 4.90 Å². The van der Waals surface area contributed by atoms with Gasteiger partial charge in [-0.25, -0.2) is 0 Å². The van der Waals surface area contributed by atoms with Crippen LogP contribution in [0.4, 0.5) is 17.1 Å². The molecule has 59 heavy (non-hydrogen) atoms. The Morgan fingerprint density at radius 2 is 0.627 bits per heavy atom. The Balaban J connectivity index is 1.10. The first-order valence-electron chi connectivity index (χ1n) is 20.3. The normalized spacial score (nSPS) is 11.1. The standard InChI is InChI=1S/C58H41N/c1-5-16-42(17-6-1)44-28-34-51(35-29-44)59(58-39-33-50(43-18-7-2-8-19-43)41-57(58)48-22-11-4-12-23-48)52-36-30-45(31-37-52)49-32-38-55(56(40-49)47-20-9-3-10-21-47)54-27-15-25-46-24-13-14-26-53(46)54/h1-41H. The number of hydrogen-bond acceptors (Lipinski definition) is 1. The van der Waals surface area contributed by atoms with Crippen LogP contribution in [0.3, 0.4) is 0 Å². The minimum absolute atomic E-state index is 1.08. The van der Waals surface area contributed by atoms with Crippen molar-refractivity contribution in [3.8, 4) is 66.8 Å². The van der Waals surface area contributed by atoms with E-state index in [2.05, 4.69) is 254 Å². The predicted molar refractivity (Wildman–Crippen MR) is 251 cm³/mol. The van der Waals surface area contributed by atoms with Gasteiger partial charge in [-0.15, -0.1) is 0 Å². The molecular weight excluding hydrogens is 711 g/mol. The molecule has 1 heteroatoms. The van der Waals surface area contributed by atoms with Gasteiger partial charge in [0.15, 0.2) is 0 Å². The highest BCUT2D eigenvalue weighted by Gasteiger charge is 2.19. The summed E-state index contributed by atoms with van der Waals surface area (Å²) < 4.78 is 0. The van der Waals surface area contributed by atoms with E-state index in [9.17, 15) is 0 Å². The SMILES string of the molecule is c1ccc(-c2ccc(N(c3ccc(-c4ccc(-c5cccc6ccccc56)c(-c5ccccc5)c4)cc3)c3ccc(-c4ccccc4)cc3-c3ccccc3)cc2)cc1. The van der Waals surface area contributed by atoms with Crippen molar-refractivity contribution in [2.24, 2.45) is 0 Å². The summed E-state index contributed by atoms with van der Waals surface area (Å²) in [5, 5.41) is 2.50. The third kappa shape index (κ3) is 7.23. The number of anilines is 3. The van der Waals surface area contributed by atoms with E-state index in [1.54, 1.807) is 0 Å². The molecular formula is C58H41N. The molecule has 0 atom stereocenters. The van der Waals surface area contributed by atoms with Gasteiger partial charge >= 0.3 is 0 Å². The van der Waals surface area contributed by atoms with Gasteiger partial charge in [-0.2, -0.15) is 0 Å². The van der Waals surface area contributed by atoms with E-state index in [0.717, 1.165) is 22.6 Å². The number of fused-ring (bicyclic) bond motifs is 1. The Morgan fingerprint density at radius 3 is 1.22 bits per heavy atom. The Labute approximate surface area is 346 Å². The lowest BCUT2D eigenvalue weighted by Crippen LogP contribution is -2.11. The van der Waals surface area contributed by atoms with Crippen molar-refractivity contribution in [1.29, 1.82) is 0 Å². The topological polar surface area (TPSA) is 3.24 Å². The molecule has 10 aromatic carbocycles. The lowest BCUT2D eigenvalue weighted by atomic mass is 9.89. The molecule has 0 radical (unpaired) electrons. The second-order valence-electron chi connectivity index (χ2n) is 14.9. The van der Waals surface area contributed by atoms with E-state index in [1.807, 2.05) is 0 Å². The van der Waals surface area contributed by atoms with Gasteiger partial charge < -0.3 is 4.90 Å². The second kappa shape index (κ2) is 16.0.